The van der Waals surface area contributed by atoms with Gasteiger partial charge in [0.05, 0.1) is 17.3 Å². The van der Waals surface area contributed by atoms with E-state index < -0.39 is 11.9 Å². The van der Waals surface area contributed by atoms with Gasteiger partial charge in [0.25, 0.3) is 0 Å². The van der Waals surface area contributed by atoms with Crippen LogP contribution in [-0.2, 0) is 11.2 Å². The van der Waals surface area contributed by atoms with Crippen molar-refractivity contribution in [3.63, 3.8) is 0 Å². The number of aromatic carboxylic acids is 1. The van der Waals surface area contributed by atoms with Gasteiger partial charge in [-0.05, 0) is 78.6 Å². The van der Waals surface area contributed by atoms with Crippen LogP contribution in [0, 0.1) is 6.92 Å². The number of hydrogen-bond acceptors (Lipinski definition) is 3. The monoisotopic (exact) mass is 447 g/mol. The number of fused-ring (bicyclic) bond motifs is 1. The van der Waals surface area contributed by atoms with Gasteiger partial charge in [-0.25, -0.2) is 4.79 Å². The van der Waals surface area contributed by atoms with E-state index in [1.807, 2.05) is 37.3 Å². The van der Waals surface area contributed by atoms with E-state index in [2.05, 4.69) is 6.07 Å². The topological polar surface area (TPSA) is 77.8 Å². The summed E-state index contributed by atoms with van der Waals surface area (Å²) in [6.07, 6.45) is 2.78. The van der Waals surface area contributed by atoms with Crippen LogP contribution >= 0.6 is 11.6 Å². The van der Waals surface area contributed by atoms with E-state index in [1.165, 1.54) is 17.7 Å². The number of amides is 1. The molecule has 1 aliphatic heterocycles. The van der Waals surface area contributed by atoms with Gasteiger partial charge in [-0.2, -0.15) is 0 Å². The molecule has 1 fully saturated rings. The lowest BCUT2D eigenvalue weighted by molar-refractivity contribution is -0.118. The van der Waals surface area contributed by atoms with Gasteiger partial charge in [0.2, 0.25) is 5.91 Å². The SMILES string of the molecule is Cc1cccc2c1C(Cc1c(Cl)cccc1C1CC1)C(=O)N2c1ccc(C(=O)O)c(O)c1. The highest BCUT2D eigenvalue weighted by molar-refractivity contribution is 6.31. The molecule has 2 N–H and O–H groups in total. The number of halogens is 1. The van der Waals surface area contributed by atoms with Crippen molar-refractivity contribution < 1.29 is 19.8 Å². The molecule has 0 spiro atoms. The minimum absolute atomic E-state index is 0.113. The van der Waals surface area contributed by atoms with Crippen molar-refractivity contribution in [2.24, 2.45) is 0 Å². The molecule has 1 saturated carbocycles. The number of rotatable bonds is 5. The second-order valence-electron chi connectivity index (χ2n) is 8.53. The third kappa shape index (κ3) is 3.33. The molecule has 162 valence electrons. The quantitative estimate of drug-likeness (QED) is 0.507. The molecule has 1 heterocycles. The Morgan fingerprint density at radius 2 is 1.88 bits per heavy atom. The third-order valence-electron chi connectivity index (χ3n) is 6.46. The predicted octanol–water partition coefficient (Wildman–Crippen LogP) is 5.93. The fourth-order valence-electron chi connectivity index (χ4n) is 4.78. The van der Waals surface area contributed by atoms with Gasteiger partial charge in [-0.3, -0.25) is 9.69 Å². The molecule has 1 unspecified atom stereocenters. The number of hydrogen-bond donors (Lipinski definition) is 2. The number of phenols is 1. The second kappa shape index (κ2) is 7.68. The first-order valence-corrected chi connectivity index (χ1v) is 11.0. The zero-order valence-electron chi connectivity index (χ0n) is 17.5. The fraction of sp³-hybridized carbons (Fsp3) is 0.231. The van der Waals surface area contributed by atoms with Gasteiger partial charge < -0.3 is 10.2 Å². The summed E-state index contributed by atoms with van der Waals surface area (Å²) in [6.45, 7) is 1.99. The van der Waals surface area contributed by atoms with E-state index in [0.29, 0.717) is 23.0 Å². The Hall–Kier alpha value is -3.31. The zero-order valence-corrected chi connectivity index (χ0v) is 18.3. The van der Waals surface area contributed by atoms with Gasteiger partial charge >= 0.3 is 5.97 Å². The second-order valence-corrected chi connectivity index (χ2v) is 8.93. The number of carboxylic acids is 1. The van der Waals surface area contributed by atoms with Crippen LogP contribution in [0.25, 0.3) is 0 Å². The molecule has 0 saturated heterocycles. The molecule has 0 radical (unpaired) electrons. The smallest absolute Gasteiger partial charge is 0.339 e. The standard InChI is InChI=1S/C26H22ClNO4/c1-14-4-2-7-22-24(14)20(13-19-17(15-8-9-15)5-3-6-21(19)27)25(30)28(22)16-10-11-18(26(31)32)23(29)12-16/h2-7,10-12,15,20,29H,8-9,13H2,1H3,(H,31,32). The summed E-state index contributed by atoms with van der Waals surface area (Å²) in [4.78, 5) is 26.6. The van der Waals surface area contributed by atoms with Crippen LogP contribution in [-0.4, -0.2) is 22.1 Å². The maximum atomic E-state index is 13.7. The summed E-state index contributed by atoms with van der Waals surface area (Å²) in [5.41, 5.74) is 5.19. The van der Waals surface area contributed by atoms with Gasteiger partial charge in [0.1, 0.15) is 11.3 Å². The van der Waals surface area contributed by atoms with Gasteiger partial charge in [-0.1, -0.05) is 35.9 Å². The molecular formula is C26H22ClNO4. The van der Waals surface area contributed by atoms with E-state index in [-0.39, 0.29) is 17.2 Å². The zero-order chi connectivity index (χ0) is 22.6. The molecule has 3 aromatic carbocycles. The Bertz CT molecular complexity index is 1260. The first kappa shape index (κ1) is 20.6. The summed E-state index contributed by atoms with van der Waals surface area (Å²) < 4.78 is 0. The summed E-state index contributed by atoms with van der Waals surface area (Å²) in [5.74, 6) is -1.61. The minimum Gasteiger partial charge on any atom is -0.507 e. The van der Waals surface area contributed by atoms with Crippen molar-refractivity contribution in [2.75, 3.05) is 4.90 Å². The summed E-state index contributed by atoms with van der Waals surface area (Å²) in [7, 11) is 0. The minimum atomic E-state index is -1.22. The van der Waals surface area contributed by atoms with Crippen molar-refractivity contribution >= 4 is 34.9 Å². The van der Waals surface area contributed by atoms with E-state index >= 15 is 0 Å². The number of benzene rings is 3. The Balaban J connectivity index is 1.59. The number of carboxylic acid groups (broad SMARTS) is 1. The van der Waals surface area contributed by atoms with E-state index in [0.717, 1.165) is 35.2 Å². The molecule has 5 nitrogen and oxygen atoms in total. The lowest BCUT2D eigenvalue weighted by atomic mass is 9.87. The highest BCUT2D eigenvalue weighted by Gasteiger charge is 2.40. The summed E-state index contributed by atoms with van der Waals surface area (Å²) in [5, 5.41) is 20.1. The molecule has 0 aromatic heterocycles. The van der Waals surface area contributed by atoms with Crippen molar-refractivity contribution in [3.8, 4) is 5.75 Å². The molecule has 1 amide bonds. The average Bonchev–Trinajstić information content (AvgIpc) is 3.54. The largest absolute Gasteiger partial charge is 0.507 e. The van der Waals surface area contributed by atoms with E-state index in [4.69, 9.17) is 11.6 Å². The molecule has 32 heavy (non-hydrogen) atoms. The van der Waals surface area contributed by atoms with Crippen molar-refractivity contribution in [3.05, 3.63) is 87.4 Å². The number of carbonyl (C=O) groups is 2. The number of aryl methyl sites for hydroxylation is 1. The van der Waals surface area contributed by atoms with Gasteiger partial charge in [0.15, 0.2) is 0 Å². The van der Waals surface area contributed by atoms with Crippen molar-refractivity contribution in [1.29, 1.82) is 0 Å². The normalized spacial score (nSPS) is 17.5. The highest BCUT2D eigenvalue weighted by Crippen LogP contribution is 2.48. The summed E-state index contributed by atoms with van der Waals surface area (Å²) >= 11 is 6.60. The van der Waals surface area contributed by atoms with Crippen molar-refractivity contribution in [1.82, 2.24) is 0 Å². The molecule has 6 heteroatoms. The maximum absolute atomic E-state index is 13.7. The fourth-order valence-corrected chi connectivity index (χ4v) is 5.04. The van der Waals surface area contributed by atoms with Crippen LogP contribution in [0.5, 0.6) is 5.75 Å². The number of anilines is 2. The average molecular weight is 448 g/mol. The number of aromatic hydroxyl groups is 1. The molecule has 1 atom stereocenters. The van der Waals surface area contributed by atoms with Crippen LogP contribution in [0.1, 0.15) is 57.3 Å². The van der Waals surface area contributed by atoms with Crippen LogP contribution in [0.4, 0.5) is 11.4 Å². The van der Waals surface area contributed by atoms with Crippen molar-refractivity contribution in [2.45, 2.75) is 38.0 Å². The Labute approximate surface area is 190 Å². The van der Waals surface area contributed by atoms with Crippen LogP contribution in [0.2, 0.25) is 5.02 Å². The van der Waals surface area contributed by atoms with E-state index in [1.54, 1.807) is 11.0 Å². The highest BCUT2D eigenvalue weighted by atomic mass is 35.5. The molecule has 0 bridgehead atoms. The third-order valence-corrected chi connectivity index (χ3v) is 6.81. The Morgan fingerprint density at radius 1 is 1.12 bits per heavy atom. The molecule has 5 rings (SSSR count). The molecular weight excluding hydrogens is 426 g/mol. The van der Waals surface area contributed by atoms with Gasteiger partial charge in [-0.15, -0.1) is 0 Å². The lowest BCUT2D eigenvalue weighted by Crippen LogP contribution is -2.25. The maximum Gasteiger partial charge on any atom is 0.339 e. The Kier molecular flexibility index (Phi) is 4.94. The van der Waals surface area contributed by atoms with Crippen LogP contribution in [0.3, 0.4) is 0 Å². The Morgan fingerprint density at radius 3 is 2.56 bits per heavy atom. The van der Waals surface area contributed by atoms with Crippen LogP contribution in [0.15, 0.2) is 54.6 Å². The summed E-state index contributed by atoms with van der Waals surface area (Å²) in [6, 6.07) is 15.9. The van der Waals surface area contributed by atoms with Gasteiger partial charge in [0, 0.05) is 11.1 Å². The molecule has 1 aliphatic carbocycles. The first-order chi connectivity index (χ1) is 15.4. The molecule has 3 aromatic rings. The number of carbonyl (C=O) groups excluding carboxylic acids is 1. The number of nitrogens with zero attached hydrogens (tertiary/aromatic N) is 1. The predicted molar refractivity (Wildman–Crippen MR) is 123 cm³/mol. The molecule has 2 aliphatic rings. The van der Waals surface area contributed by atoms with E-state index in [9.17, 15) is 19.8 Å². The lowest BCUT2D eigenvalue weighted by Gasteiger charge is -2.19. The first-order valence-electron chi connectivity index (χ1n) is 10.6. The van der Waals surface area contributed by atoms with Crippen LogP contribution < -0.4 is 4.90 Å².